The van der Waals surface area contributed by atoms with Crippen molar-refractivity contribution in [2.75, 3.05) is 13.2 Å². The highest BCUT2D eigenvalue weighted by Gasteiger charge is 2.44. The van der Waals surface area contributed by atoms with Crippen LogP contribution in [0.2, 0.25) is 0 Å². The number of nitrogens with one attached hydrogen (secondary N) is 1. The summed E-state index contributed by atoms with van der Waals surface area (Å²) in [6, 6.07) is -0.830. The van der Waals surface area contributed by atoms with Gasteiger partial charge in [0.2, 0.25) is 5.91 Å². The van der Waals surface area contributed by atoms with Crippen molar-refractivity contribution in [3.8, 4) is 0 Å². The van der Waals surface area contributed by atoms with Gasteiger partial charge in [0, 0.05) is 6.42 Å². The molecule has 1 amide bonds. The maximum absolute atomic E-state index is 13.1. The van der Waals surface area contributed by atoms with Crippen molar-refractivity contribution in [1.82, 2.24) is 5.32 Å². The van der Waals surface area contributed by atoms with Gasteiger partial charge in [0.1, 0.15) is 24.4 Å². The summed E-state index contributed by atoms with van der Waals surface area (Å²) in [6.45, 7) is 3.80. The van der Waals surface area contributed by atoms with Crippen LogP contribution in [0.4, 0.5) is 0 Å². The second-order valence-electron chi connectivity index (χ2n) is 27.1. The van der Waals surface area contributed by atoms with Crippen LogP contribution in [-0.4, -0.2) is 87.5 Å². The van der Waals surface area contributed by atoms with Crippen LogP contribution in [0.5, 0.6) is 0 Å². The molecule has 89 heavy (non-hydrogen) atoms. The summed E-state index contributed by atoms with van der Waals surface area (Å²) >= 11 is 0. The molecule has 0 bridgehead atoms. The predicted octanol–water partition coefficient (Wildman–Crippen LogP) is 22.1. The van der Waals surface area contributed by atoms with Crippen LogP contribution in [0, 0.1) is 0 Å². The standard InChI is InChI=1S/C80H149NO8/c1-3-5-7-9-11-13-15-17-19-21-23-25-27-29-30-31-32-33-34-35-36-37-38-39-40-41-42-43-44-46-48-50-52-54-56-58-60-62-64-66-68-70-76(84)81-73(72-88-80-79(87)78(86)77(85)75(71-82)89-80)74(83)69-67-65-63-61-59-57-55-53-51-49-47-45-28-26-24-22-20-18-16-14-12-10-8-6-4-2/h15,17,21,23,51,53,59,61,67,69,73-75,77-80,82-83,85-87H,3-14,16,18-20,22,24-50,52,54-58,60,62-66,68,70-72H2,1-2H3,(H,81,84)/b17-15-,23-21-,53-51+,61-59+,69-67+. The number of hydrogen-bond donors (Lipinski definition) is 6. The molecule has 7 atom stereocenters. The number of carbonyl (C=O) groups excluding carboxylic acids is 1. The van der Waals surface area contributed by atoms with Gasteiger partial charge >= 0.3 is 0 Å². The molecule has 0 aromatic carbocycles. The predicted molar refractivity (Wildman–Crippen MR) is 382 cm³/mol. The molecule has 9 nitrogen and oxygen atoms in total. The molecular formula is C80H149NO8. The third kappa shape index (κ3) is 57.1. The van der Waals surface area contributed by atoms with Crippen molar-refractivity contribution in [1.29, 1.82) is 0 Å². The van der Waals surface area contributed by atoms with Gasteiger partial charge < -0.3 is 40.3 Å². The number of unbranched alkanes of at least 4 members (excludes halogenated alkanes) is 51. The highest BCUT2D eigenvalue weighted by molar-refractivity contribution is 5.76. The van der Waals surface area contributed by atoms with Gasteiger partial charge in [0.25, 0.3) is 0 Å². The van der Waals surface area contributed by atoms with Crippen LogP contribution >= 0.6 is 0 Å². The Morgan fingerprint density at radius 2 is 0.674 bits per heavy atom. The maximum Gasteiger partial charge on any atom is 0.220 e. The van der Waals surface area contributed by atoms with Crippen molar-refractivity contribution in [3.05, 3.63) is 60.8 Å². The molecular weight excluding hydrogens is 1100 g/mol. The van der Waals surface area contributed by atoms with Crippen molar-refractivity contribution >= 4 is 5.91 Å². The number of hydrogen-bond acceptors (Lipinski definition) is 8. The first-order valence-electron chi connectivity index (χ1n) is 39.0. The van der Waals surface area contributed by atoms with Gasteiger partial charge in [-0.25, -0.2) is 0 Å². The van der Waals surface area contributed by atoms with E-state index in [-0.39, 0.29) is 12.5 Å². The number of amides is 1. The van der Waals surface area contributed by atoms with Gasteiger partial charge in [0.05, 0.1) is 25.4 Å². The van der Waals surface area contributed by atoms with Gasteiger partial charge in [-0.15, -0.1) is 0 Å². The van der Waals surface area contributed by atoms with E-state index in [0.29, 0.717) is 6.42 Å². The van der Waals surface area contributed by atoms with Crippen molar-refractivity contribution in [2.45, 2.75) is 429 Å². The SMILES string of the molecule is CCCCCCC/C=C\C/C=C\CCCCCCCCCCCCCCCCCCCCCCCCCCCCCCCC(=O)NC(COC1OC(CO)C(O)C(O)C1O)C(O)/C=C/CC/C=C/CC/C=C/CCCCCCCCCCCCCCCCC. The Labute approximate surface area is 551 Å². The summed E-state index contributed by atoms with van der Waals surface area (Å²) in [6.07, 6.45) is 89.5. The second-order valence-corrected chi connectivity index (χ2v) is 27.1. The molecule has 522 valence electrons. The monoisotopic (exact) mass is 1250 g/mol. The van der Waals surface area contributed by atoms with E-state index in [9.17, 15) is 30.3 Å². The van der Waals surface area contributed by atoms with Gasteiger partial charge in [-0.2, -0.15) is 0 Å². The molecule has 1 aliphatic heterocycles. The van der Waals surface area contributed by atoms with Crippen LogP contribution in [0.25, 0.3) is 0 Å². The first kappa shape index (κ1) is 84.9. The van der Waals surface area contributed by atoms with Gasteiger partial charge in [-0.3, -0.25) is 4.79 Å². The number of carbonyl (C=O) groups is 1. The molecule has 1 fully saturated rings. The molecule has 9 heteroatoms. The molecule has 1 aliphatic rings. The zero-order valence-corrected chi connectivity index (χ0v) is 58.7. The Balaban J connectivity index is 2.06. The van der Waals surface area contributed by atoms with Gasteiger partial charge in [-0.05, 0) is 77.0 Å². The van der Waals surface area contributed by atoms with Crippen LogP contribution < -0.4 is 5.32 Å². The van der Waals surface area contributed by atoms with Crippen molar-refractivity contribution in [3.63, 3.8) is 0 Å². The van der Waals surface area contributed by atoms with Crippen LogP contribution in [-0.2, 0) is 14.3 Å². The quantitative estimate of drug-likeness (QED) is 0.0261. The smallest absolute Gasteiger partial charge is 0.220 e. The minimum Gasteiger partial charge on any atom is -0.394 e. The Morgan fingerprint density at radius 1 is 0.382 bits per heavy atom. The van der Waals surface area contributed by atoms with Crippen molar-refractivity contribution in [2.24, 2.45) is 0 Å². The van der Waals surface area contributed by atoms with E-state index in [1.54, 1.807) is 6.08 Å². The molecule has 1 saturated heterocycles. The zero-order chi connectivity index (χ0) is 64.2. The molecule has 0 saturated carbocycles. The van der Waals surface area contributed by atoms with Crippen LogP contribution in [0.3, 0.4) is 0 Å². The molecule has 0 aromatic rings. The molecule has 0 spiro atoms. The van der Waals surface area contributed by atoms with E-state index in [2.05, 4.69) is 67.8 Å². The van der Waals surface area contributed by atoms with E-state index < -0.39 is 49.5 Å². The number of rotatable bonds is 69. The fourth-order valence-corrected chi connectivity index (χ4v) is 12.5. The summed E-state index contributed by atoms with van der Waals surface area (Å²) in [5.74, 6) is -0.184. The summed E-state index contributed by atoms with van der Waals surface area (Å²) in [5.41, 5.74) is 0. The normalized spacial score (nSPS) is 18.1. The van der Waals surface area contributed by atoms with E-state index in [4.69, 9.17) is 9.47 Å². The largest absolute Gasteiger partial charge is 0.394 e. The average Bonchev–Trinajstić information content (AvgIpc) is 2.59. The average molecular weight is 1250 g/mol. The summed E-state index contributed by atoms with van der Waals surface area (Å²) in [7, 11) is 0. The Morgan fingerprint density at radius 3 is 1.01 bits per heavy atom. The number of ether oxygens (including phenoxy) is 2. The van der Waals surface area contributed by atoms with E-state index in [1.165, 1.54) is 315 Å². The van der Waals surface area contributed by atoms with Crippen LogP contribution in [0.1, 0.15) is 386 Å². The number of allylic oxidation sites excluding steroid dienone is 9. The van der Waals surface area contributed by atoms with Crippen LogP contribution in [0.15, 0.2) is 60.8 Å². The Kier molecular flexibility index (Phi) is 65.6. The minimum absolute atomic E-state index is 0.184. The first-order chi connectivity index (χ1) is 43.8. The lowest BCUT2D eigenvalue weighted by Crippen LogP contribution is -2.60. The fourth-order valence-electron chi connectivity index (χ4n) is 12.5. The molecule has 1 rings (SSSR count). The maximum atomic E-state index is 13.1. The van der Waals surface area contributed by atoms with Gasteiger partial charge in [-0.1, -0.05) is 364 Å². The van der Waals surface area contributed by atoms with E-state index in [1.807, 2.05) is 6.08 Å². The molecule has 7 unspecified atom stereocenters. The third-order valence-electron chi connectivity index (χ3n) is 18.5. The lowest BCUT2D eigenvalue weighted by Gasteiger charge is -2.40. The minimum atomic E-state index is -1.58. The molecule has 0 radical (unpaired) electrons. The number of aliphatic hydroxyl groups excluding tert-OH is 5. The van der Waals surface area contributed by atoms with E-state index in [0.717, 1.165) is 51.4 Å². The lowest BCUT2D eigenvalue weighted by atomic mass is 9.99. The third-order valence-corrected chi connectivity index (χ3v) is 18.5. The lowest BCUT2D eigenvalue weighted by molar-refractivity contribution is -0.302. The fraction of sp³-hybridized carbons (Fsp3) is 0.863. The second kappa shape index (κ2) is 68.7. The molecule has 0 aromatic heterocycles. The molecule has 1 heterocycles. The highest BCUT2D eigenvalue weighted by Crippen LogP contribution is 2.24. The Hall–Kier alpha value is -2.11. The zero-order valence-electron chi connectivity index (χ0n) is 58.7. The van der Waals surface area contributed by atoms with Gasteiger partial charge in [0.15, 0.2) is 6.29 Å². The first-order valence-corrected chi connectivity index (χ1v) is 39.0. The Bertz CT molecular complexity index is 1600. The molecule has 6 N–H and O–H groups in total. The van der Waals surface area contributed by atoms with Crippen molar-refractivity contribution < 1.29 is 39.8 Å². The molecule has 0 aliphatic carbocycles. The summed E-state index contributed by atoms with van der Waals surface area (Å²) in [5, 5.41) is 54.8. The highest BCUT2D eigenvalue weighted by atomic mass is 16.7. The van der Waals surface area contributed by atoms with E-state index >= 15 is 0 Å². The topological polar surface area (TPSA) is 149 Å². The number of aliphatic hydroxyl groups is 5. The summed E-state index contributed by atoms with van der Waals surface area (Å²) < 4.78 is 11.3. The summed E-state index contributed by atoms with van der Waals surface area (Å²) in [4.78, 5) is 13.1.